The molecule has 27 N–H and O–H groups in total. The minimum atomic E-state index is -1.92. The van der Waals surface area contributed by atoms with E-state index in [9.17, 15) is 77.6 Å². The molecular weight excluding hydrogens is 1590 g/mol. The standard InChI is InChI=1S/C77H109Cl4N19O16/c1-9-38(5)63(97-72(113)57(91-41(8)102)33-43-22-25-60(104)45(31-43)35-47-50(80)17-12-18-51(47)81)73(114)96-58(36-62(84)106)70(111)95-56(29-37(3)4)71(112)98-64(39(6)10-2)74(115)99-65(40(7)101)75(116)94-53(19-13-27-89-76(85)86)67(108)93-55(23-26-61(83)105)68(109)92-54(20-14-28-90-77(87)88)69(110)100-66(107)52(82)32-42-21-24-59(103)44(30-42)34-46-48(78)15-11-16-49(46)79/h11-12,15-18,21-22,24-25,30-31,37-40,52-58,63-65,101,103-104H,9-10,13-14,19-20,23,26-29,32-36,82H2,1-8H3,(H2,83,105)(H2,84,106)(H,91,102)(H,92,109)(H,93,108)(H,94,116)(H,95,111)(H,96,114)(H,97,113)(H,98,112)(H,99,115)(H4,85,86,89)(H4,87,88,90)(H,100,107,110). The van der Waals surface area contributed by atoms with Gasteiger partial charge in [-0.3, -0.25) is 78.5 Å². The van der Waals surface area contributed by atoms with Crippen LogP contribution in [-0.2, 0) is 88.0 Å². The van der Waals surface area contributed by atoms with Crippen molar-refractivity contribution in [3.8, 4) is 11.5 Å². The number of nitrogens with one attached hydrogen (secondary N) is 14. The maximum Gasteiger partial charge on any atom is 0.249 e. The Bertz CT molecular complexity index is 4140. The van der Waals surface area contributed by atoms with E-state index < -0.39 is 186 Å². The fourth-order valence-electron chi connectivity index (χ4n) is 12.1. The van der Waals surface area contributed by atoms with E-state index in [4.69, 9.17) is 85.9 Å². The zero-order valence-electron chi connectivity index (χ0n) is 65.9. The molecule has 0 radical (unpaired) electrons. The molecule has 39 heteroatoms. The molecule has 13 amide bonds. The number of hydrogen-bond donors (Lipinski definition) is 22. The predicted octanol–water partition coefficient (Wildman–Crippen LogP) is 1.22. The van der Waals surface area contributed by atoms with Gasteiger partial charge in [-0.1, -0.05) is 137 Å². The molecular formula is C77H109Cl4N19O16. The Balaban J connectivity index is 1.57. The second-order valence-corrected chi connectivity index (χ2v) is 30.5. The summed E-state index contributed by atoms with van der Waals surface area (Å²) in [4.78, 5) is 181. The van der Waals surface area contributed by atoms with Gasteiger partial charge in [0.2, 0.25) is 76.8 Å². The van der Waals surface area contributed by atoms with Crippen LogP contribution in [0.2, 0.25) is 20.1 Å². The number of rotatable bonds is 47. The summed E-state index contributed by atoms with van der Waals surface area (Å²) in [5, 5.41) is 79.5. The van der Waals surface area contributed by atoms with Gasteiger partial charge < -0.3 is 102 Å². The SMILES string of the molecule is CCC(C)C(NC(=O)C(Cc1ccc(O)c(Cc2c(Cl)cccc2Cl)c1)NC(C)=O)C(=O)NC(CC(N)=O)C(=O)NC(CC(C)C)C(=O)NC(C(=O)NC(C(=O)NC(CCCNC(=N)N)C(=O)NC(CCC(N)=O)C(=O)NC(CCCNC(=N)N)C(=O)NC(=O)C(N)Cc1ccc(O)c(Cc2c(Cl)cccc2Cl)c1)C(C)O)C(C)CC. The minimum Gasteiger partial charge on any atom is -0.508 e. The number of primary amides is 2. The van der Waals surface area contributed by atoms with Crippen LogP contribution in [0.15, 0.2) is 72.8 Å². The lowest BCUT2D eigenvalue weighted by Crippen LogP contribution is -2.63. The quantitative estimate of drug-likeness (QED) is 0.0168. The largest absolute Gasteiger partial charge is 0.508 e. The topological polar surface area (TPSA) is 605 Å². The molecule has 0 saturated carbocycles. The number of guanidine groups is 2. The summed E-state index contributed by atoms with van der Waals surface area (Å²) >= 11 is 25.6. The molecule has 13 unspecified atom stereocenters. The van der Waals surface area contributed by atoms with Gasteiger partial charge in [-0.15, -0.1) is 0 Å². The molecule has 636 valence electrons. The number of phenols is 2. The van der Waals surface area contributed by atoms with Crippen LogP contribution in [0.5, 0.6) is 11.5 Å². The number of benzene rings is 4. The van der Waals surface area contributed by atoms with Crippen LogP contribution in [0.25, 0.3) is 0 Å². The molecule has 0 heterocycles. The third kappa shape index (κ3) is 32.6. The van der Waals surface area contributed by atoms with Crippen molar-refractivity contribution in [3.63, 3.8) is 0 Å². The monoisotopic (exact) mass is 1700 g/mol. The van der Waals surface area contributed by atoms with E-state index in [2.05, 4.69) is 63.8 Å². The molecule has 4 rings (SSSR count). The van der Waals surface area contributed by atoms with Crippen LogP contribution >= 0.6 is 46.4 Å². The molecule has 0 spiro atoms. The highest BCUT2D eigenvalue weighted by Crippen LogP contribution is 2.33. The van der Waals surface area contributed by atoms with Gasteiger partial charge in [0, 0.05) is 65.8 Å². The highest BCUT2D eigenvalue weighted by atomic mass is 35.5. The summed E-state index contributed by atoms with van der Waals surface area (Å²) in [7, 11) is 0. The number of phenolic OH excluding ortho intramolecular Hbond substituents is 2. The summed E-state index contributed by atoms with van der Waals surface area (Å²) < 4.78 is 0. The van der Waals surface area contributed by atoms with Crippen molar-refractivity contribution < 1.29 is 77.6 Å². The fourth-order valence-corrected chi connectivity index (χ4v) is 13.2. The first-order chi connectivity index (χ1) is 54.5. The Kier molecular flexibility index (Phi) is 40.5. The molecule has 0 bridgehead atoms. The van der Waals surface area contributed by atoms with Crippen LogP contribution in [0, 0.1) is 28.6 Å². The van der Waals surface area contributed by atoms with Crippen LogP contribution in [0.4, 0.5) is 0 Å². The third-order valence-corrected chi connectivity index (χ3v) is 20.3. The van der Waals surface area contributed by atoms with E-state index >= 15 is 0 Å². The van der Waals surface area contributed by atoms with Gasteiger partial charge in [0.05, 0.1) is 18.6 Å². The summed E-state index contributed by atoms with van der Waals surface area (Å²) in [5.41, 5.74) is 31.2. The zero-order valence-corrected chi connectivity index (χ0v) is 68.9. The smallest absolute Gasteiger partial charge is 0.249 e. The molecule has 35 nitrogen and oxygen atoms in total. The zero-order chi connectivity index (χ0) is 87.0. The summed E-state index contributed by atoms with van der Waals surface area (Å²) in [5.74, 6) is -15.8. The van der Waals surface area contributed by atoms with Crippen LogP contribution < -0.4 is 92.5 Å². The van der Waals surface area contributed by atoms with E-state index in [-0.39, 0.29) is 101 Å². The van der Waals surface area contributed by atoms with Crippen molar-refractivity contribution in [1.82, 2.24) is 63.8 Å². The highest BCUT2D eigenvalue weighted by Gasteiger charge is 2.39. The molecule has 13 atom stereocenters. The molecule has 4 aromatic rings. The molecule has 4 aromatic carbocycles. The Hall–Kier alpha value is -10.6. The Labute approximate surface area is 692 Å². The van der Waals surface area contributed by atoms with Crippen molar-refractivity contribution in [3.05, 3.63) is 126 Å². The molecule has 0 aliphatic rings. The fraction of sp³-hybridized carbons (Fsp3) is 0.494. The van der Waals surface area contributed by atoms with E-state index in [1.54, 1.807) is 90.1 Å². The highest BCUT2D eigenvalue weighted by molar-refractivity contribution is 6.36. The minimum absolute atomic E-state index is 0.00457. The van der Waals surface area contributed by atoms with Crippen molar-refractivity contribution in [2.75, 3.05) is 13.1 Å². The van der Waals surface area contributed by atoms with Crippen LogP contribution in [0.3, 0.4) is 0 Å². The molecule has 0 fully saturated rings. The van der Waals surface area contributed by atoms with E-state index in [1.165, 1.54) is 31.2 Å². The number of carbonyl (C=O) groups is 13. The molecule has 0 aromatic heterocycles. The molecule has 116 heavy (non-hydrogen) atoms. The number of aliphatic hydroxyl groups excluding tert-OH is 1. The van der Waals surface area contributed by atoms with Gasteiger partial charge in [-0.25, -0.2) is 0 Å². The summed E-state index contributed by atoms with van der Waals surface area (Å²) in [6, 6.07) is 3.00. The Morgan fingerprint density at radius 2 is 0.828 bits per heavy atom. The summed E-state index contributed by atoms with van der Waals surface area (Å²) in [6.07, 6.45) is -3.91. The first-order valence-corrected chi connectivity index (χ1v) is 39.2. The number of hydrogen-bond acceptors (Lipinski definition) is 19. The third-order valence-electron chi connectivity index (χ3n) is 18.9. The lowest BCUT2D eigenvalue weighted by atomic mass is 9.95. The van der Waals surface area contributed by atoms with E-state index in [1.807, 2.05) is 0 Å². The first-order valence-electron chi connectivity index (χ1n) is 37.7. The second-order valence-electron chi connectivity index (χ2n) is 28.8. The number of carbonyl (C=O) groups excluding carboxylic acids is 13. The average Bonchev–Trinajstić information content (AvgIpc) is 0.832. The van der Waals surface area contributed by atoms with Crippen molar-refractivity contribution in [2.45, 2.75) is 212 Å². The van der Waals surface area contributed by atoms with Crippen molar-refractivity contribution >= 4 is 135 Å². The number of halogens is 4. The van der Waals surface area contributed by atoms with Gasteiger partial charge in [-0.05, 0) is 139 Å². The lowest BCUT2D eigenvalue weighted by Gasteiger charge is -2.31. The number of aromatic hydroxyl groups is 2. The Morgan fingerprint density at radius 1 is 0.448 bits per heavy atom. The number of nitrogens with two attached hydrogens (primary N) is 5. The van der Waals surface area contributed by atoms with Gasteiger partial charge >= 0.3 is 0 Å². The maximum absolute atomic E-state index is 14.6. The van der Waals surface area contributed by atoms with Crippen molar-refractivity contribution in [2.24, 2.45) is 46.4 Å². The average molecular weight is 1700 g/mol. The maximum atomic E-state index is 14.6. The van der Waals surface area contributed by atoms with Crippen LogP contribution in [0.1, 0.15) is 153 Å². The Morgan fingerprint density at radius 3 is 1.25 bits per heavy atom. The molecule has 0 aliphatic heterocycles. The van der Waals surface area contributed by atoms with Crippen molar-refractivity contribution in [1.29, 1.82) is 10.8 Å². The number of aliphatic hydroxyl groups is 1. The number of imide groups is 1. The van der Waals surface area contributed by atoms with Gasteiger partial charge in [0.1, 0.15) is 65.9 Å². The normalized spacial score (nSPS) is 14.5. The molecule has 0 saturated heterocycles. The van der Waals surface area contributed by atoms with E-state index in [0.717, 1.165) is 6.92 Å². The van der Waals surface area contributed by atoms with E-state index in [0.29, 0.717) is 53.5 Å². The summed E-state index contributed by atoms with van der Waals surface area (Å²) in [6.45, 7) is 12.2. The van der Waals surface area contributed by atoms with Gasteiger partial charge in [0.15, 0.2) is 11.9 Å². The van der Waals surface area contributed by atoms with Gasteiger partial charge in [-0.2, -0.15) is 0 Å². The molecule has 0 aliphatic carbocycles. The predicted molar refractivity (Wildman–Crippen MR) is 437 cm³/mol. The van der Waals surface area contributed by atoms with Crippen LogP contribution in [-0.4, -0.2) is 184 Å². The lowest BCUT2D eigenvalue weighted by molar-refractivity contribution is -0.138. The second kappa shape index (κ2) is 48.1. The van der Waals surface area contributed by atoms with Gasteiger partial charge in [0.25, 0.3) is 0 Å². The number of amides is 13. The first kappa shape index (κ1) is 97.8.